The molecule has 1 aromatic carbocycles. The number of carbonyl (C=O) groups excluding carboxylic acids is 1. The fourth-order valence-electron chi connectivity index (χ4n) is 4.79. The fourth-order valence-corrected chi connectivity index (χ4v) is 6.42. The Labute approximate surface area is 161 Å². The first kappa shape index (κ1) is 18.9. The maximum absolute atomic E-state index is 13.2. The van der Waals surface area contributed by atoms with Gasteiger partial charge in [0.2, 0.25) is 15.9 Å². The van der Waals surface area contributed by atoms with Gasteiger partial charge >= 0.3 is 0 Å². The van der Waals surface area contributed by atoms with Crippen LogP contribution in [-0.4, -0.2) is 62.9 Å². The van der Waals surface area contributed by atoms with Crippen LogP contribution in [0.2, 0.25) is 0 Å². The van der Waals surface area contributed by atoms with Crippen molar-refractivity contribution in [3.8, 4) is 0 Å². The van der Waals surface area contributed by atoms with E-state index in [9.17, 15) is 13.2 Å². The molecule has 0 bridgehead atoms. The van der Waals surface area contributed by atoms with Crippen molar-refractivity contribution in [1.82, 2.24) is 9.21 Å². The SMILES string of the molecule is O=C([C@H]1CN(S(=O)(=O)Cc2ccccc2)CC12CCOCC2)N1CCCC1. The Kier molecular flexibility index (Phi) is 5.27. The van der Waals surface area contributed by atoms with E-state index in [1.165, 1.54) is 0 Å². The van der Waals surface area contributed by atoms with Crippen molar-refractivity contribution in [3.63, 3.8) is 0 Å². The minimum Gasteiger partial charge on any atom is -0.381 e. The van der Waals surface area contributed by atoms with Crippen LogP contribution in [0, 0.1) is 11.3 Å². The van der Waals surface area contributed by atoms with Gasteiger partial charge in [-0.1, -0.05) is 30.3 Å². The van der Waals surface area contributed by atoms with Crippen LogP contribution in [0.5, 0.6) is 0 Å². The smallest absolute Gasteiger partial charge is 0.227 e. The molecule has 3 fully saturated rings. The van der Waals surface area contributed by atoms with Gasteiger partial charge in [0, 0.05) is 44.8 Å². The van der Waals surface area contributed by atoms with Gasteiger partial charge in [-0.25, -0.2) is 12.7 Å². The zero-order valence-corrected chi connectivity index (χ0v) is 16.5. The van der Waals surface area contributed by atoms with E-state index < -0.39 is 10.0 Å². The Morgan fingerprint density at radius 1 is 1.11 bits per heavy atom. The van der Waals surface area contributed by atoms with Crippen molar-refractivity contribution < 1.29 is 17.9 Å². The molecule has 3 aliphatic rings. The topological polar surface area (TPSA) is 66.9 Å². The number of sulfonamides is 1. The molecule has 0 unspecified atom stereocenters. The molecule has 6 nitrogen and oxygen atoms in total. The summed E-state index contributed by atoms with van der Waals surface area (Å²) in [5.74, 6) is -0.109. The molecule has 1 aromatic rings. The highest BCUT2D eigenvalue weighted by Crippen LogP contribution is 2.46. The molecule has 1 amide bonds. The summed E-state index contributed by atoms with van der Waals surface area (Å²) < 4.78 is 33.3. The molecule has 0 aromatic heterocycles. The number of amides is 1. The van der Waals surface area contributed by atoms with Crippen molar-refractivity contribution in [1.29, 1.82) is 0 Å². The molecule has 0 radical (unpaired) electrons. The van der Waals surface area contributed by atoms with Crippen LogP contribution in [-0.2, 0) is 25.3 Å². The van der Waals surface area contributed by atoms with Crippen molar-refractivity contribution in [3.05, 3.63) is 35.9 Å². The quantitative estimate of drug-likeness (QED) is 0.785. The number of carbonyl (C=O) groups is 1. The summed E-state index contributed by atoms with van der Waals surface area (Å²) >= 11 is 0. The predicted octanol–water partition coefficient (Wildman–Crippen LogP) is 1.87. The number of hydrogen-bond donors (Lipinski definition) is 0. The third-order valence-electron chi connectivity index (χ3n) is 6.41. The van der Waals surface area contributed by atoms with E-state index in [-0.39, 0.29) is 23.0 Å². The number of rotatable bonds is 4. The van der Waals surface area contributed by atoms with Crippen LogP contribution >= 0.6 is 0 Å². The average Bonchev–Trinajstić information content (AvgIpc) is 3.31. The first-order chi connectivity index (χ1) is 13.0. The summed E-state index contributed by atoms with van der Waals surface area (Å²) in [6, 6.07) is 9.27. The highest BCUT2D eigenvalue weighted by atomic mass is 32.2. The van der Waals surface area contributed by atoms with E-state index in [1.54, 1.807) is 4.31 Å². The Morgan fingerprint density at radius 2 is 1.78 bits per heavy atom. The Morgan fingerprint density at radius 3 is 2.44 bits per heavy atom. The van der Waals surface area contributed by atoms with E-state index in [2.05, 4.69) is 0 Å². The lowest BCUT2D eigenvalue weighted by atomic mass is 9.71. The van der Waals surface area contributed by atoms with Gasteiger partial charge < -0.3 is 9.64 Å². The Balaban J connectivity index is 1.57. The first-order valence-electron chi connectivity index (χ1n) is 9.89. The predicted molar refractivity (Wildman–Crippen MR) is 102 cm³/mol. The number of hydrogen-bond acceptors (Lipinski definition) is 4. The molecular formula is C20H28N2O4S. The lowest BCUT2D eigenvalue weighted by molar-refractivity contribution is -0.139. The Bertz CT molecular complexity index is 768. The molecule has 7 heteroatoms. The summed E-state index contributed by atoms with van der Waals surface area (Å²) in [5.41, 5.74) is 0.509. The highest BCUT2D eigenvalue weighted by molar-refractivity contribution is 7.88. The second-order valence-electron chi connectivity index (χ2n) is 8.09. The monoisotopic (exact) mass is 392 g/mol. The zero-order chi connectivity index (χ0) is 18.9. The van der Waals surface area contributed by atoms with Gasteiger partial charge in [0.25, 0.3) is 0 Å². The van der Waals surface area contributed by atoms with Crippen LogP contribution < -0.4 is 0 Å². The van der Waals surface area contributed by atoms with Gasteiger partial charge in [-0.05, 0) is 31.2 Å². The van der Waals surface area contributed by atoms with E-state index in [0.717, 1.165) is 44.3 Å². The van der Waals surface area contributed by atoms with Gasteiger partial charge in [0.05, 0.1) is 11.7 Å². The van der Waals surface area contributed by atoms with Crippen LogP contribution in [0.3, 0.4) is 0 Å². The number of likely N-dealkylation sites (tertiary alicyclic amines) is 1. The summed E-state index contributed by atoms with van der Waals surface area (Å²) in [7, 11) is -3.46. The molecule has 3 aliphatic heterocycles. The van der Waals surface area contributed by atoms with Gasteiger partial charge in [0.15, 0.2) is 0 Å². The van der Waals surface area contributed by atoms with Crippen LogP contribution in [0.1, 0.15) is 31.2 Å². The summed E-state index contributed by atoms with van der Waals surface area (Å²) in [5, 5.41) is 0. The first-order valence-corrected chi connectivity index (χ1v) is 11.5. The third-order valence-corrected chi connectivity index (χ3v) is 8.17. The van der Waals surface area contributed by atoms with Crippen molar-refractivity contribution in [2.24, 2.45) is 11.3 Å². The lowest BCUT2D eigenvalue weighted by Crippen LogP contribution is -2.45. The second-order valence-corrected chi connectivity index (χ2v) is 10.1. The Hall–Kier alpha value is -1.44. The van der Waals surface area contributed by atoms with E-state index in [1.807, 2.05) is 35.2 Å². The maximum atomic E-state index is 13.2. The van der Waals surface area contributed by atoms with Crippen LogP contribution in [0.25, 0.3) is 0 Å². The van der Waals surface area contributed by atoms with Crippen molar-refractivity contribution in [2.45, 2.75) is 31.4 Å². The van der Waals surface area contributed by atoms with Gasteiger partial charge in [0.1, 0.15) is 0 Å². The molecule has 0 aliphatic carbocycles. The molecular weight excluding hydrogens is 364 g/mol. The van der Waals surface area contributed by atoms with Gasteiger partial charge in [-0.2, -0.15) is 0 Å². The third kappa shape index (κ3) is 3.77. The lowest BCUT2D eigenvalue weighted by Gasteiger charge is -2.38. The molecule has 1 spiro atoms. The normalized spacial score (nSPS) is 25.9. The largest absolute Gasteiger partial charge is 0.381 e. The molecule has 3 heterocycles. The highest BCUT2D eigenvalue weighted by Gasteiger charge is 2.54. The molecule has 1 atom stereocenters. The molecule has 4 rings (SSSR count). The van der Waals surface area contributed by atoms with E-state index in [0.29, 0.717) is 26.3 Å². The average molecular weight is 393 g/mol. The van der Waals surface area contributed by atoms with E-state index in [4.69, 9.17) is 4.74 Å². The van der Waals surface area contributed by atoms with Gasteiger partial charge in [-0.15, -0.1) is 0 Å². The molecule has 0 N–H and O–H groups in total. The van der Waals surface area contributed by atoms with Crippen LogP contribution in [0.4, 0.5) is 0 Å². The molecule has 3 saturated heterocycles. The summed E-state index contributed by atoms with van der Waals surface area (Å²) in [4.78, 5) is 15.2. The number of benzene rings is 1. The molecule has 148 valence electrons. The van der Waals surface area contributed by atoms with Crippen molar-refractivity contribution >= 4 is 15.9 Å². The molecule has 0 saturated carbocycles. The van der Waals surface area contributed by atoms with E-state index >= 15 is 0 Å². The van der Waals surface area contributed by atoms with Crippen LogP contribution in [0.15, 0.2) is 30.3 Å². The van der Waals surface area contributed by atoms with Gasteiger partial charge in [-0.3, -0.25) is 4.79 Å². The summed E-state index contributed by atoms with van der Waals surface area (Å²) in [6.45, 7) is 3.57. The minimum absolute atomic E-state index is 0.00888. The number of nitrogens with zero attached hydrogens (tertiary/aromatic N) is 2. The minimum atomic E-state index is -3.46. The summed E-state index contributed by atoms with van der Waals surface area (Å²) in [6.07, 6.45) is 3.61. The molecule has 27 heavy (non-hydrogen) atoms. The van der Waals surface area contributed by atoms with Crippen molar-refractivity contribution in [2.75, 3.05) is 39.4 Å². The standard InChI is InChI=1S/C20H28N2O4S/c23-19(21-10-4-5-11-21)18-14-22(16-20(18)8-12-26-13-9-20)27(24,25)15-17-6-2-1-3-7-17/h1-3,6-7,18H,4-5,8-16H2/t18-/m1/s1. The fraction of sp³-hybridized carbons (Fsp3) is 0.650. The zero-order valence-electron chi connectivity index (χ0n) is 15.7. The second kappa shape index (κ2) is 7.53. The maximum Gasteiger partial charge on any atom is 0.227 e. The number of ether oxygens (including phenoxy) is 1.